The van der Waals surface area contributed by atoms with E-state index in [0.717, 1.165) is 25.7 Å². The van der Waals surface area contributed by atoms with Crippen LogP contribution in [0.25, 0.3) is 0 Å². The molecule has 0 aromatic rings. The van der Waals surface area contributed by atoms with Crippen LogP contribution in [0.5, 0.6) is 0 Å². The zero-order valence-corrected chi connectivity index (χ0v) is 8.08. The number of aliphatic hydroxyl groups is 1. The molecular formula is C10H17O3-. The maximum atomic E-state index is 10.9. The van der Waals surface area contributed by atoms with Crippen LogP contribution >= 0.6 is 0 Å². The van der Waals surface area contributed by atoms with Gasteiger partial charge in [0.05, 0.1) is 6.10 Å². The molecule has 2 unspecified atom stereocenters. The number of rotatable bonds is 1. The molecule has 1 fully saturated rings. The zero-order chi connectivity index (χ0) is 9.90. The zero-order valence-electron chi connectivity index (χ0n) is 8.08. The summed E-state index contributed by atoms with van der Waals surface area (Å²) in [7, 11) is 0. The van der Waals surface area contributed by atoms with Crippen LogP contribution in [0.2, 0.25) is 0 Å². The van der Waals surface area contributed by atoms with Crippen molar-refractivity contribution in [1.29, 1.82) is 0 Å². The Labute approximate surface area is 78.8 Å². The predicted octanol–water partition coefficient (Wildman–Crippen LogP) is 0.458. The second kappa shape index (κ2) is 4.09. The lowest BCUT2D eigenvalue weighted by molar-refractivity contribution is -0.323. The lowest BCUT2D eigenvalue weighted by Crippen LogP contribution is -2.48. The fourth-order valence-electron chi connectivity index (χ4n) is 1.91. The summed E-state index contributed by atoms with van der Waals surface area (Å²) >= 11 is 0. The van der Waals surface area contributed by atoms with Crippen molar-refractivity contribution in [3.8, 4) is 0 Å². The molecule has 1 rings (SSSR count). The lowest BCUT2D eigenvalue weighted by atomic mass is 9.76. The van der Waals surface area contributed by atoms with Gasteiger partial charge in [-0.05, 0) is 12.8 Å². The van der Waals surface area contributed by atoms with Gasteiger partial charge in [-0.15, -0.1) is 0 Å². The van der Waals surface area contributed by atoms with Gasteiger partial charge in [-0.1, -0.05) is 32.6 Å². The molecule has 0 heterocycles. The maximum Gasteiger partial charge on any atom is 0.0645 e. The fourth-order valence-corrected chi connectivity index (χ4v) is 1.91. The summed E-state index contributed by atoms with van der Waals surface area (Å²) < 4.78 is 0. The SMILES string of the molecule is CC1(C(=O)[O-])CCCCCCC1O. The molecule has 1 aliphatic carbocycles. The number of carbonyl (C=O) groups is 1. The van der Waals surface area contributed by atoms with E-state index in [0.29, 0.717) is 12.8 Å². The molecule has 2 atom stereocenters. The van der Waals surface area contributed by atoms with E-state index in [9.17, 15) is 15.0 Å². The van der Waals surface area contributed by atoms with Gasteiger partial charge in [0.1, 0.15) is 0 Å². The number of aliphatic hydroxyl groups excluding tert-OH is 1. The fraction of sp³-hybridized carbons (Fsp3) is 0.900. The molecule has 0 saturated heterocycles. The Hall–Kier alpha value is -0.570. The normalized spacial score (nSPS) is 36.3. The Balaban J connectivity index is 2.71. The van der Waals surface area contributed by atoms with Gasteiger partial charge in [0.2, 0.25) is 0 Å². The highest BCUT2D eigenvalue weighted by Crippen LogP contribution is 2.33. The minimum Gasteiger partial charge on any atom is -0.549 e. The molecule has 0 aromatic heterocycles. The summed E-state index contributed by atoms with van der Waals surface area (Å²) in [6.45, 7) is 1.60. The molecule has 0 bridgehead atoms. The number of carbonyl (C=O) groups excluding carboxylic acids is 1. The van der Waals surface area contributed by atoms with Crippen LogP contribution in [-0.2, 0) is 4.79 Å². The third kappa shape index (κ3) is 2.21. The van der Waals surface area contributed by atoms with Gasteiger partial charge in [0, 0.05) is 11.4 Å². The predicted molar refractivity (Wildman–Crippen MR) is 46.8 cm³/mol. The van der Waals surface area contributed by atoms with E-state index in [1.165, 1.54) is 0 Å². The number of hydrogen-bond acceptors (Lipinski definition) is 3. The molecule has 0 aliphatic heterocycles. The van der Waals surface area contributed by atoms with E-state index < -0.39 is 17.5 Å². The van der Waals surface area contributed by atoms with Gasteiger partial charge in [-0.2, -0.15) is 0 Å². The van der Waals surface area contributed by atoms with Gasteiger partial charge < -0.3 is 15.0 Å². The molecule has 13 heavy (non-hydrogen) atoms. The van der Waals surface area contributed by atoms with E-state index in [2.05, 4.69) is 0 Å². The molecule has 1 saturated carbocycles. The first-order valence-corrected chi connectivity index (χ1v) is 4.97. The summed E-state index contributed by atoms with van der Waals surface area (Å²) in [5.41, 5.74) is -1.03. The lowest BCUT2D eigenvalue weighted by Gasteiger charge is -2.37. The highest BCUT2D eigenvalue weighted by Gasteiger charge is 2.34. The number of carboxylic acids is 1. The second-order valence-corrected chi connectivity index (χ2v) is 4.17. The summed E-state index contributed by atoms with van der Waals surface area (Å²) in [6, 6.07) is 0. The number of carboxylic acid groups (broad SMARTS) is 1. The molecule has 3 nitrogen and oxygen atoms in total. The van der Waals surface area contributed by atoms with Crippen LogP contribution in [0, 0.1) is 5.41 Å². The molecule has 0 amide bonds. The molecule has 3 heteroatoms. The van der Waals surface area contributed by atoms with Crippen molar-refractivity contribution < 1.29 is 15.0 Å². The van der Waals surface area contributed by atoms with E-state index in [1.807, 2.05) is 0 Å². The molecule has 0 aromatic carbocycles. The molecule has 1 aliphatic rings. The second-order valence-electron chi connectivity index (χ2n) is 4.17. The molecule has 0 radical (unpaired) electrons. The standard InChI is InChI=1S/C10H18O3/c1-10(9(12)13)7-5-3-2-4-6-8(10)11/h8,11H,2-7H2,1H3,(H,12,13)/p-1. The largest absolute Gasteiger partial charge is 0.549 e. The van der Waals surface area contributed by atoms with E-state index in [1.54, 1.807) is 6.92 Å². The van der Waals surface area contributed by atoms with Crippen LogP contribution in [0.15, 0.2) is 0 Å². The van der Waals surface area contributed by atoms with Gasteiger partial charge in [-0.25, -0.2) is 0 Å². The average molecular weight is 185 g/mol. The van der Waals surface area contributed by atoms with Crippen molar-refractivity contribution in [2.75, 3.05) is 0 Å². The van der Waals surface area contributed by atoms with Crippen molar-refractivity contribution in [3.63, 3.8) is 0 Å². The summed E-state index contributed by atoms with van der Waals surface area (Å²) in [4.78, 5) is 10.9. The molecule has 0 spiro atoms. The van der Waals surface area contributed by atoms with E-state index in [4.69, 9.17) is 0 Å². The molecule has 1 N–H and O–H groups in total. The van der Waals surface area contributed by atoms with E-state index >= 15 is 0 Å². The summed E-state index contributed by atoms with van der Waals surface area (Å²) in [5, 5.41) is 20.6. The van der Waals surface area contributed by atoms with Crippen LogP contribution in [-0.4, -0.2) is 17.2 Å². The van der Waals surface area contributed by atoms with Crippen molar-refractivity contribution in [2.45, 2.75) is 51.6 Å². The minimum absolute atomic E-state index is 0.538. The van der Waals surface area contributed by atoms with Crippen molar-refractivity contribution in [3.05, 3.63) is 0 Å². The first kappa shape index (κ1) is 10.5. The van der Waals surface area contributed by atoms with Crippen LogP contribution in [0.4, 0.5) is 0 Å². The summed E-state index contributed by atoms with van der Waals surface area (Å²) in [5.74, 6) is -1.11. The Bertz CT molecular complexity index is 191. The smallest absolute Gasteiger partial charge is 0.0645 e. The minimum atomic E-state index is -1.11. The maximum absolute atomic E-state index is 10.9. The third-order valence-electron chi connectivity index (χ3n) is 3.13. The third-order valence-corrected chi connectivity index (χ3v) is 3.13. The Morgan fingerprint density at radius 1 is 1.38 bits per heavy atom. The first-order valence-electron chi connectivity index (χ1n) is 4.97. The van der Waals surface area contributed by atoms with Gasteiger partial charge in [0.15, 0.2) is 0 Å². The highest BCUT2D eigenvalue weighted by molar-refractivity contribution is 5.72. The summed E-state index contributed by atoms with van der Waals surface area (Å²) in [6.07, 6.45) is 4.35. The van der Waals surface area contributed by atoms with Crippen LogP contribution < -0.4 is 5.11 Å². The van der Waals surface area contributed by atoms with Gasteiger partial charge >= 0.3 is 0 Å². The molecular weight excluding hydrogens is 168 g/mol. The molecule has 76 valence electrons. The monoisotopic (exact) mass is 185 g/mol. The first-order chi connectivity index (χ1) is 6.07. The average Bonchev–Trinajstić information content (AvgIpc) is 2.07. The Kier molecular flexibility index (Phi) is 3.31. The number of aliphatic carboxylic acids is 1. The van der Waals surface area contributed by atoms with Gasteiger partial charge in [0.25, 0.3) is 0 Å². The van der Waals surface area contributed by atoms with Crippen molar-refractivity contribution >= 4 is 5.97 Å². The van der Waals surface area contributed by atoms with Crippen molar-refractivity contribution in [1.82, 2.24) is 0 Å². The number of hydrogen-bond donors (Lipinski definition) is 1. The Morgan fingerprint density at radius 2 is 2.00 bits per heavy atom. The van der Waals surface area contributed by atoms with Gasteiger partial charge in [-0.3, -0.25) is 0 Å². The van der Waals surface area contributed by atoms with E-state index in [-0.39, 0.29) is 0 Å². The quantitative estimate of drug-likeness (QED) is 0.645. The van der Waals surface area contributed by atoms with Crippen LogP contribution in [0.1, 0.15) is 45.4 Å². The van der Waals surface area contributed by atoms with Crippen LogP contribution in [0.3, 0.4) is 0 Å². The Morgan fingerprint density at radius 3 is 2.62 bits per heavy atom. The van der Waals surface area contributed by atoms with Crippen molar-refractivity contribution in [2.24, 2.45) is 5.41 Å². The topological polar surface area (TPSA) is 60.4 Å². The highest BCUT2D eigenvalue weighted by atomic mass is 16.4.